The van der Waals surface area contributed by atoms with Crippen molar-refractivity contribution in [3.63, 3.8) is 0 Å². The molecule has 2 aromatic rings. The first kappa shape index (κ1) is 22.7. The monoisotopic (exact) mass is 478 g/mol. The van der Waals surface area contributed by atoms with Gasteiger partial charge in [0.1, 0.15) is 10.6 Å². The lowest BCUT2D eigenvalue weighted by molar-refractivity contribution is -0.303. The molecule has 3 aliphatic rings. The van der Waals surface area contributed by atoms with Gasteiger partial charge in [-0.3, -0.25) is 0 Å². The number of fused-ring (bicyclic) bond motifs is 4. The molecule has 1 saturated carbocycles. The van der Waals surface area contributed by atoms with Crippen molar-refractivity contribution in [3.8, 4) is 5.75 Å². The molecule has 1 aliphatic carbocycles. The molecule has 8 heteroatoms. The third-order valence-corrected chi connectivity index (χ3v) is 10.2. The predicted octanol–water partition coefficient (Wildman–Crippen LogP) is 4.90. The Hall–Kier alpha value is -2.03. The van der Waals surface area contributed by atoms with Crippen LogP contribution in [0.25, 0.3) is 0 Å². The molecule has 2 fully saturated rings. The lowest BCUT2D eigenvalue weighted by Gasteiger charge is -2.58. The van der Waals surface area contributed by atoms with Crippen molar-refractivity contribution in [1.29, 1.82) is 0 Å². The minimum Gasteiger partial charge on any atom is -0.490 e. The van der Waals surface area contributed by atoms with Crippen molar-refractivity contribution in [2.24, 2.45) is 11.3 Å². The Morgan fingerprint density at radius 2 is 1.58 bits per heavy atom. The van der Waals surface area contributed by atoms with Crippen LogP contribution in [0.3, 0.4) is 0 Å². The summed E-state index contributed by atoms with van der Waals surface area (Å²) in [5.74, 6) is -3.32. The van der Waals surface area contributed by atoms with E-state index in [1.54, 1.807) is 38.1 Å². The van der Waals surface area contributed by atoms with Crippen LogP contribution in [0.5, 0.6) is 5.75 Å². The maximum atomic E-state index is 15.5. The largest absolute Gasteiger partial charge is 0.490 e. The SMILES string of the molecule is Cc1ccc(S(=O)(=O)[C@@]23CCCC4(COC(C)(C)OC4)[C@@H]2COc2c(F)ccc(F)c23)cc1. The molecule has 0 amide bonds. The first-order valence-corrected chi connectivity index (χ1v) is 12.7. The molecule has 5 nitrogen and oxygen atoms in total. The summed E-state index contributed by atoms with van der Waals surface area (Å²) in [6.45, 7) is 5.92. The summed E-state index contributed by atoms with van der Waals surface area (Å²) in [5, 5.41) is 0. The Bertz CT molecular complexity index is 1180. The van der Waals surface area contributed by atoms with Crippen LogP contribution in [0.15, 0.2) is 41.3 Å². The first-order chi connectivity index (χ1) is 15.5. The van der Waals surface area contributed by atoms with Gasteiger partial charge in [-0.2, -0.15) is 0 Å². The number of ether oxygens (including phenoxy) is 3. The third kappa shape index (κ3) is 3.25. The molecule has 0 N–H and O–H groups in total. The van der Waals surface area contributed by atoms with E-state index >= 15 is 4.39 Å². The highest BCUT2D eigenvalue weighted by Gasteiger charge is 2.66. The quantitative estimate of drug-likeness (QED) is 0.614. The second-order valence-corrected chi connectivity index (χ2v) is 12.2. The van der Waals surface area contributed by atoms with E-state index in [2.05, 4.69) is 0 Å². The van der Waals surface area contributed by atoms with Gasteiger partial charge in [-0.15, -0.1) is 0 Å². The van der Waals surface area contributed by atoms with E-state index in [1.165, 1.54) is 0 Å². The van der Waals surface area contributed by atoms with Crippen LogP contribution in [0, 0.1) is 29.9 Å². The Kier molecular flexibility index (Phi) is 5.16. The Labute approximate surface area is 193 Å². The minimum atomic E-state index is -4.16. The zero-order chi connectivity index (χ0) is 23.6. The van der Waals surface area contributed by atoms with Gasteiger partial charge in [-0.1, -0.05) is 24.1 Å². The smallest absolute Gasteiger partial charge is 0.188 e. The number of aryl methyl sites for hydroxylation is 1. The van der Waals surface area contributed by atoms with E-state index < -0.39 is 43.3 Å². The summed E-state index contributed by atoms with van der Waals surface area (Å²) in [5.41, 5.74) is -0.00520. The van der Waals surface area contributed by atoms with E-state index in [0.29, 0.717) is 12.8 Å². The lowest BCUT2D eigenvalue weighted by Crippen LogP contribution is -2.63. The van der Waals surface area contributed by atoms with Gasteiger partial charge in [-0.25, -0.2) is 17.2 Å². The Balaban J connectivity index is 1.77. The van der Waals surface area contributed by atoms with Crippen LogP contribution in [0.4, 0.5) is 8.78 Å². The molecule has 0 unspecified atom stereocenters. The summed E-state index contributed by atoms with van der Waals surface area (Å²) < 4.78 is 75.2. The average molecular weight is 479 g/mol. The molecule has 0 aromatic heterocycles. The summed E-state index contributed by atoms with van der Waals surface area (Å²) in [4.78, 5) is 0.0876. The van der Waals surface area contributed by atoms with Crippen LogP contribution in [0.2, 0.25) is 0 Å². The number of sulfone groups is 1. The highest BCUT2D eigenvalue weighted by atomic mass is 32.2. The highest BCUT2D eigenvalue weighted by Crippen LogP contribution is 2.62. The fourth-order valence-electron chi connectivity index (χ4n) is 5.84. The Morgan fingerprint density at radius 3 is 2.24 bits per heavy atom. The van der Waals surface area contributed by atoms with Crippen molar-refractivity contribution in [1.82, 2.24) is 0 Å². The van der Waals surface area contributed by atoms with Crippen molar-refractivity contribution >= 4 is 9.84 Å². The van der Waals surface area contributed by atoms with Gasteiger partial charge in [0.25, 0.3) is 0 Å². The van der Waals surface area contributed by atoms with Gasteiger partial charge < -0.3 is 14.2 Å². The lowest BCUT2D eigenvalue weighted by atomic mass is 9.59. The van der Waals surface area contributed by atoms with Crippen LogP contribution >= 0.6 is 0 Å². The summed E-state index contributed by atoms with van der Waals surface area (Å²) in [7, 11) is -4.16. The van der Waals surface area contributed by atoms with Crippen LogP contribution < -0.4 is 4.74 Å². The molecular formula is C25H28F2O5S. The maximum Gasteiger partial charge on any atom is 0.188 e. The van der Waals surface area contributed by atoms with Crippen molar-refractivity contribution < 1.29 is 31.4 Å². The number of benzene rings is 2. The first-order valence-electron chi connectivity index (χ1n) is 11.2. The number of rotatable bonds is 2. The zero-order valence-electron chi connectivity index (χ0n) is 19.0. The second kappa shape index (κ2) is 7.48. The Morgan fingerprint density at radius 1 is 0.939 bits per heavy atom. The van der Waals surface area contributed by atoms with E-state index in [9.17, 15) is 12.8 Å². The van der Waals surface area contributed by atoms with E-state index in [4.69, 9.17) is 14.2 Å². The number of hydrogen-bond acceptors (Lipinski definition) is 5. The third-order valence-electron chi connectivity index (χ3n) is 7.63. The van der Waals surface area contributed by atoms with Gasteiger partial charge >= 0.3 is 0 Å². The van der Waals surface area contributed by atoms with Gasteiger partial charge in [0.2, 0.25) is 0 Å². The zero-order valence-corrected chi connectivity index (χ0v) is 19.8. The molecule has 1 saturated heterocycles. The number of hydrogen-bond donors (Lipinski definition) is 0. The highest BCUT2D eigenvalue weighted by molar-refractivity contribution is 7.92. The maximum absolute atomic E-state index is 15.5. The van der Waals surface area contributed by atoms with Crippen molar-refractivity contribution in [2.75, 3.05) is 19.8 Å². The average Bonchev–Trinajstić information content (AvgIpc) is 2.78. The molecule has 1 spiro atoms. The molecule has 0 bridgehead atoms. The topological polar surface area (TPSA) is 61.8 Å². The molecule has 2 aliphatic heterocycles. The summed E-state index contributed by atoms with van der Waals surface area (Å²) >= 11 is 0. The molecule has 2 heterocycles. The van der Waals surface area contributed by atoms with Gasteiger partial charge in [0, 0.05) is 11.3 Å². The molecular weight excluding hydrogens is 450 g/mol. The molecule has 2 atom stereocenters. The summed E-state index contributed by atoms with van der Waals surface area (Å²) in [6.07, 6.45) is 1.31. The van der Waals surface area contributed by atoms with Gasteiger partial charge in [0.15, 0.2) is 27.2 Å². The normalized spacial score (nSPS) is 28.0. The number of halogens is 2. The van der Waals surface area contributed by atoms with E-state index in [0.717, 1.165) is 17.7 Å². The van der Waals surface area contributed by atoms with E-state index in [1.807, 2.05) is 6.92 Å². The fraction of sp³-hybridized carbons (Fsp3) is 0.520. The van der Waals surface area contributed by atoms with Crippen molar-refractivity contribution in [3.05, 3.63) is 59.2 Å². The second-order valence-electron chi connectivity index (χ2n) is 10.00. The molecule has 0 radical (unpaired) electrons. The minimum absolute atomic E-state index is 0.0639. The summed E-state index contributed by atoms with van der Waals surface area (Å²) in [6, 6.07) is 8.49. The van der Waals surface area contributed by atoms with Crippen molar-refractivity contribution in [2.45, 2.75) is 55.5 Å². The molecule has 178 valence electrons. The van der Waals surface area contributed by atoms with Gasteiger partial charge in [-0.05, 0) is 57.9 Å². The molecule has 2 aromatic carbocycles. The molecule has 33 heavy (non-hydrogen) atoms. The van der Waals surface area contributed by atoms with Crippen LogP contribution in [-0.2, 0) is 24.1 Å². The standard InChI is InChI=1S/C25H28F2O5S/c1-16-5-7-17(8-6-16)33(28,29)25-12-4-11-24(14-31-23(2,3)32-15-24)20(25)13-30-22-19(27)10-9-18(26)21(22)25/h5-10,20H,4,11-15H2,1-3H3/t20-,25-/m0/s1. The predicted molar refractivity (Wildman–Crippen MR) is 118 cm³/mol. The van der Waals surface area contributed by atoms with E-state index in [-0.39, 0.29) is 42.4 Å². The molecule has 5 rings (SSSR count). The van der Waals surface area contributed by atoms with Crippen LogP contribution in [-0.4, -0.2) is 34.0 Å². The van der Waals surface area contributed by atoms with Crippen LogP contribution in [0.1, 0.15) is 44.2 Å². The fourth-order valence-corrected chi connectivity index (χ4v) is 8.32. The van der Waals surface area contributed by atoms with Gasteiger partial charge in [0.05, 0.1) is 30.3 Å².